The van der Waals surface area contributed by atoms with Crippen molar-refractivity contribution in [3.63, 3.8) is 0 Å². The minimum absolute atomic E-state index is 0.00796. The lowest BCUT2D eigenvalue weighted by molar-refractivity contribution is -0.116. The van der Waals surface area contributed by atoms with E-state index in [2.05, 4.69) is 11.4 Å². The van der Waals surface area contributed by atoms with Crippen molar-refractivity contribution in [1.82, 2.24) is 4.57 Å². The van der Waals surface area contributed by atoms with Crippen LogP contribution in [-0.4, -0.2) is 15.7 Å². The molecule has 3 aliphatic rings. The molecule has 3 aromatic carbocycles. The first-order chi connectivity index (χ1) is 18.0. The lowest BCUT2D eigenvalue weighted by atomic mass is 9.75. The van der Waals surface area contributed by atoms with E-state index in [1.807, 2.05) is 66.4 Å². The molecule has 4 unspecified atom stereocenters. The molecule has 0 radical (unpaired) electrons. The summed E-state index contributed by atoms with van der Waals surface area (Å²) in [4.78, 5) is 27.4. The number of fused-ring (bicyclic) bond motifs is 7. The smallest absolute Gasteiger partial charge is 0.308 e. The molecular weight excluding hydrogens is 543 g/mol. The van der Waals surface area contributed by atoms with Crippen LogP contribution in [0.4, 0.5) is 5.69 Å². The Morgan fingerprint density at radius 3 is 2.68 bits per heavy atom. The maximum atomic E-state index is 13.3. The zero-order chi connectivity index (χ0) is 25.3. The van der Waals surface area contributed by atoms with Crippen LogP contribution in [0, 0.1) is 17.8 Å². The number of thiazole rings is 1. The van der Waals surface area contributed by atoms with E-state index in [1.165, 1.54) is 30.6 Å². The van der Waals surface area contributed by atoms with Crippen LogP contribution in [0.3, 0.4) is 0 Å². The lowest BCUT2D eigenvalue weighted by Gasteiger charge is -2.40. The van der Waals surface area contributed by atoms with Gasteiger partial charge in [0, 0.05) is 21.7 Å². The standard InChI is InChI=1S/C29H24Cl2N2O2S2/c30-21-7-3-6-20(25(21)31)24-23-17-8-9-18(12-17)26(23)36-28-27(24)37-29(35)33(28)14-22(34)32-19-11-10-15-4-1-2-5-16(15)13-19/h1-7,10-11,13,17-18,23-24,26H,8-9,12,14H2,(H,32,34)/t17?,18?,23?,24-,26?/m1/s1. The fourth-order valence-electron chi connectivity index (χ4n) is 6.81. The summed E-state index contributed by atoms with van der Waals surface area (Å²) in [5.41, 5.74) is 1.73. The number of thioether (sulfide) groups is 1. The van der Waals surface area contributed by atoms with E-state index in [4.69, 9.17) is 23.2 Å². The fraction of sp³-hybridized carbons (Fsp3) is 0.310. The van der Waals surface area contributed by atoms with Crippen LogP contribution in [0.1, 0.15) is 35.6 Å². The molecule has 2 heterocycles. The molecule has 1 amide bonds. The molecular formula is C29H24Cl2N2O2S2. The van der Waals surface area contributed by atoms with E-state index in [-0.39, 0.29) is 23.2 Å². The molecule has 2 aliphatic carbocycles. The highest BCUT2D eigenvalue weighted by molar-refractivity contribution is 8.00. The molecule has 0 spiro atoms. The average Bonchev–Trinajstić information content (AvgIpc) is 3.59. The summed E-state index contributed by atoms with van der Waals surface area (Å²) in [6.07, 6.45) is 3.71. The van der Waals surface area contributed by atoms with Gasteiger partial charge < -0.3 is 5.32 Å². The molecule has 188 valence electrons. The SMILES string of the molecule is O=C(Cn1c2c(sc1=O)[C@H](c1cccc(Cl)c1Cl)C1C3CCC(C3)C1S2)Nc1ccc2ccccc2c1. The third-order valence-corrected chi connectivity index (χ3v) is 12.0. The van der Waals surface area contributed by atoms with Crippen molar-refractivity contribution >= 4 is 68.7 Å². The summed E-state index contributed by atoms with van der Waals surface area (Å²) < 4.78 is 1.68. The third kappa shape index (κ3) is 3.95. The number of benzene rings is 3. The molecule has 0 saturated heterocycles. The summed E-state index contributed by atoms with van der Waals surface area (Å²) in [6, 6.07) is 19.7. The Labute approximate surface area is 233 Å². The average molecular weight is 568 g/mol. The molecule has 4 aromatic rings. The summed E-state index contributed by atoms with van der Waals surface area (Å²) in [5, 5.41) is 7.65. The Morgan fingerprint density at radius 2 is 1.81 bits per heavy atom. The number of aromatic nitrogens is 1. The highest BCUT2D eigenvalue weighted by Gasteiger charge is 2.55. The van der Waals surface area contributed by atoms with Gasteiger partial charge in [-0.3, -0.25) is 14.2 Å². The normalized spacial score (nSPS) is 25.7. The highest BCUT2D eigenvalue weighted by Crippen LogP contribution is 2.64. The number of rotatable bonds is 4. The monoisotopic (exact) mass is 566 g/mol. The minimum atomic E-state index is -0.203. The number of nitrogens with zero attached hydrogens (tertiary/aromatic N) is 1. The van der Waals surface area contributed by atoms with Crippen LogP contribution in [-0.2, 0) is 11.3 Å². The van der Waals surface area contributed by atoms with Gasteiger partial charge in [-0.2, -0.15) is 0 Å². The summed E-state index contributed by atoms with van der Waals surface area (Å²) in [7, 11) is 0. The number of hydrogen-bond acceptors (Lipinski definition) is 4. The van der Waals surface area contributed by atoms with Crippen molar-refractivity contribution in [2.75, 3.05) is 5.32 Å². The number of nitrogens with one attached hydrogen (secondary N) is 1. The predicted octanol–water partition coefficient (Wildman–Crippen LogP) is 7.66. The van der Waals surface area contributed by atoms with E-state index >= 15 is 0 Å². The Kier molecular flexibility index (Phi) is 5.92. The van der Waals surface area contributed by atoms with Gasteiger partial charge in [0.2, 0.25) is 5.91 Å². The number of hydrogen-bond donors (Lipinski definition) is 1. The van der Waals surface area contributed by atoms with Gasteiger partial charge in [0.15, 0.2) is 0 Å². The Hall–Kier alpha value is -2.25. The van der Waals surface area contributed by atoms with Crippen molar-refractivity contribution in [1.29, 1.82) is 0 Å². The fourth-order valence-corrected chi connectivity index (χ4v) is 10.4. The van der Waals surface area contributed by atoms with E-state index in [1.54, 1.807) is 4.57 Å². The van der Waals surface area contributed by atoms with Crippen molar-refractivity contribution in [2.45, 2.75) is 42.0 Å². The van der Waals surface area contributed by atoms with E-state index in [9.17, 15) is 9.59 Å². The van der Waals surface area contributed by atoms with Gasteiger partial charge in [-0.1, -0.05) is 77.0 Å². The zero-order valence-electron chi connectivity index (χ0n) is 19.8. The largest absolute Gasteiger partial charge is 0.325 e. The Morgan fingerprint density at radius 1 is 1.00 bits per heavy atom. The molecule has 4 nitrogen and oxygen atoms in total. The van der Waals surface area contributed by atoms with Crippen molar-refractivity contribution < 1.29 is 4.79 Å². The van der Waals surface area contributed by atoms with E-state index in [0.717, 1.165) is 31.9 Å². The van der Waals surface area contributed by atoms with E-state index < -0.39 is 0 Å². The third-order valence-electron chi connectivity index (χ3n) is 8.34. The number of halogens is 2. The van der Waals surface area contributed by atoms with Gasteiger partial charge >= 0.3 is 4.87 Å². The molecule has 1 aliphatic heterocycles. The first-order valence-corrected chi connectivity index (χ1v) is 15.1. The maximum absolute atomic E-state index is 13.3. The minimum Gasteiger partial charge on any atom is -0.325 e. The van der Waals surface area contributed by atoms with Crippen LogP contribution in [0.25, 0.3) is 10.8 Å². The van der Waals surface area contributed by atoms with Crippen LogP contribution in [0.5, 0.6) is 0 Å². The van der Waals surface area contributed by atoms with Gasteiger partial charge in [0.1, 0.15) is 6.54 Å². The lowest BCUT2D eigenvalue weighted by Crippen LogP contribution is -2.35. The summed E-state index contributed by atoms with van der Waals surface area (Å²) >= 11 is 16.3. The molecule has 2 bridgehead atoms. The quantitative estimate of drug-likeness (QED) is 0.276. The van der Waals surface area contributed by atoms with Crippen LogP contribution >= 0.6 is 46.3 Å². The maximum Gasteiger partial charge on any atom is 0.308 e. The van der Waals surface area contributed by atoms with Crippen LogP contribution in [0.2, 0.25) is 10.0 Å². The molecule has 37 heavy (non-hydrogen) atoms. The van der Waals surface area contributed by atoms with Gasteiger partial charge in [0.25, 0.3) is 0 Å². The number of carbonyl (C=O) groups is 1. The Balaban J connectivity index is 1.24. The number of amides is 1. The molecule has 2 fully saturated rings. The van der Waals surface area contributed by atoms with Crippen molar-refractivity contribution in [2.24, 2.45) is 17.8 Å². The zero-order valence-corrected chi connectivity index (χ0v) is 23.0. The molecule has 2 saturated carbocycles. The van der Waals surface area contributed by atoms with Gasteiger partial charge in [-0.25, -0.2) is 0 Å². The van der Waals surface area contributed by atoms with Gasteiger partial charge in [-0.05, 0) is 71.6 Å². The molecule has 1 aromatic heterocycles. The first-order valence-electron chi connectivity index (χ1n) is 12.6. The van der Waals surface area contributed by atoms with Gasteiger partial charge in [0.05, 0.1) is 15.1 Å². The van der Waals surface area contributed by atoms with Gasteiger partial charge in [-0.15, -0.1) is 11.8 Å². The molecule has 5 atom stereocenters. The number of anilines is 1. The second-order valence-electron chi connectivity index (χ2n) is 10.3. The van der Waals surface area contributed by atoms with E-state index in [0.29, 0.717) is 33.0 Å². The molecule has 1 N–H and O–H groups in total. The highest BCUT2D eigenvalue weighted by atomic mass is 35.5. The summed E-state index contributed by atoms with van der Waals surface area (Å²) in [6.45, 7) is -0.00796. The predicted molar refractivity (Wildman–Crippen MR) is 153 cm³/mol. The van der Waals surface area contributed by atoms with Crippen molar-refractivity contribution in [3.05, 3.63) is 90.8 Å². The molecule has 8 heteroatoms. The Bertz CT molecular complexity index is 1610. The first kappa shape index (κ1) is 23.8. The van der Waals surface area contributed by atoms with Crippen LogP contribution in [0.15, 0.2) is 70.5 Å². The van der Waals surface area contributed by atoms with Crippen LogP contribution < -0.4 is 10.2 Å². The second kappa shape index (κ2) is 9.19. The second-order valence-corrected chi connectivity index (χ2v) is 13.3. The summed E-state index contributed by atoms with van der Waals surface area (Å²) in [5.74, 6) is 1.54. The topological polar surface area (TPSA) is 51.1 Å². The van der Waals surface area contributed by atoms with Crippen molar-refractivity contribution in [3.8, 4) is 0 Å². The number of carbonyl (C=O) groups excluding carboxylic acids is 1. The molecule has 7 rings (SSSR count).